The van der Waals surface area contributed by atoms with Crippen LogP contribution in [0, 0.1) is 0 Å². The molecule has 3 aromatic rings. The lowest BCUT2D eigenvalue weighted by atomic mass is 10.2. The second kappa shape index (κ2) is 4.30. The van der Waals surface area contributed by atoms with Crippen LogP contribution in [0.1, 0.15) is 0 Å². The Labute approximate surface area is 117 Å². The minimum absolute atomic E-state index is 0.126. The second-order valence-electron chi connectivity index (χ2n) is 3.99. The number of benzene rings is 2. The molecule has 0 N–H and O–H groups in total. The highest BCUT2D eigenvalue weighted by atomic mass is 35.7. The first-order chi connectivity index (χ1) is 8.98. The standard InChI is InChI=1S/C13H7ClO3S2/c14-19(16,17)11-7-3-6-10-12(11)13(15)8-4-1-2-5-9(8)18-10/h1-7H. The van der Waals surface area contributed by atoms with Crippen molar-refractivity contribution in [2.45, 2.75) is 4.90 Å². The molecule has 3 rings (SSSR count). The molecule has 96 valence electrons. The Hall–Kier alpha value is -1.43. The van der Waals surface area contributed by atoms with Crippen LogP contribution >= 0.6 is 22.0 Å². The predicted octanol–water partition coefficient (Wildman–Crippen LogP) is 3.34. The van der Waals surface area contributed by atoms with Crippen molar-refractivity contribution in [1.29, 1.82) is 0 Å². The van der Waals surface area contributed by atoms with Gasteiger partial charge in [0.25, 0.3) is 9.05 Å². The molecule has 0 fully saturated rings. The Balaban J connectivity index is 2.65. The molecule has 0 radical (unpaired) electrons. The molecular formula is C13H7ClO3S2. The van der Waals surface area contributed by atoms with Crippen LogP contribution in [0.5, 0.6) is 0 Å². The van der Waals surface area contributed by atoms with Crippen molar-refractivity contribution >= 4 is 51.2 Å². The zero-order chi connectivity index (χ0) is 13.6. The van der Waals surface area contributed by atoms with Crippen LogP contribution in [-0.4, -0.2) is 8.42 Å². The monoisotopic (exact) mass is 310 g/mol. The molecular weight excluding hydrogens is 304 g/mol. The van der Waals surface area contributed by atoms with Crippen LogP contribution < -0.4 is 5.43 Å². The van der Waals surface area contributed by atoms with Crippen LogP contribution in [0.4, 0.5) is 0 Å². The van der Waals surface area contributed by atoms with Crippen molar-refractivity contribution in [1.82, 2.24) is 0 Å². The lowest BCUT2D eigenvalue weighted by molar-refractivity contribution is 0.610. The van der Waals surface area contributed by atoms with Gasteiger partial charge in [0.1, 0.15) is 0 Å². The molecule has 0 saturated carbocycles. The van der Waals surface area contributed by atoms with E-state index in [0.717, 1.165) is 4.70 Å². The summed E-state index contributed by atoms with van der Waals surface area (Å²) in [6, 6.07) is 11.8. The van der Waals surface area contributed by atoms with Crippen LogP contribution in [0.15, 0.2) is 52.2 Å². The molecule has 6 heteroatoms. The third-order valence-electron chi connectivity index (χ3n) is 2.83. The average molecular weight is 311 g/mol. The van der Waals surface area contributed by atoms with Crippen LogP contribution in [0.3, 0.4) is 0 Å². The summed E-state index contributed by atoms with van der Waals surface area (Å²) in [5, 5.41) is 0.675. The van der Waals surface area contributed by atoms with E-state index >= 15 is 0 Å². The maximum absolute atomic E-state index is 12.4. The van der Waals surface area contributed by atoms with Crippen molar-refractivity contribution in [3.05, 3.63) is 52.7 Å². The normalized spacial score (nSPS) is 12.1. The first kappa shape index (κ1) is 12.6. The third kappa shape index (κ3) is 2.04. The predicted molar refractivity (Wildman–Crippen MR) is 78.6 cm³/mol. The Morgan fingerprint density at radius 2 is 1.63 bits per heavy atom. The van der Waals surface area contributed by atoms with E-state index in [9.17, 15) is 13.2 Å². The summed E-state index contributed by atoms with van der Waals surface area (Å²) < 4.78 is 24.6. The van der Waals surface area contributed by atoms with Crippen molar-refractivity contribution in [2.75, 3.05) is 0 Å². The SMILES string of the molecule is O=c1c2ccccc2sc2cccc(S(=O)(=O)Cl)c12. The molecule has 0 unspecified atom stereocenters. The largest absolute Gasteiger partial charge is 0.288 e. The molecule has 1 heterocycles. The lowest BCUT2D eigenvalue weighted by Crippen LogP contribution is -2.05. The van der Waals surface area contributed by atoms with Crippen molar-refractivity contribution < 1.29 is 8.42 Å². The van der Waals surface area contributed by atoms with Crippen molar-refractivity contribution in [2.24, 2.45) is 0 Å². The second-order valence-corrected chi connectivity index (χ2v) is 7.61. The minimum Gasteiger partial charge on any atom is -0.288 e. The van der Waals surface area contributed by atoms with E-state index in [-0.39, 0.29) is 15.7 Å². The molecule has 0 aliphatic rings. The van der Waals surface area contributed by atoms with Gasteiger partial charge in [-0.25, -0.2) is 8.42 Å². The summed E-state index contributed by atoms with van der Waals surface area (Å²) in [6.07, 6.45) is 0. The van der Waals surface area contributed by atoms with E-state index in [1.54, 1.807) is 24.3 Å². The van der Waals surface area contributed by atoms with Gasteiger partial charge in [-0.1, -0.05) is 18.2 Å². The number of hydrogen-bond acceptors (Lipinski definition) is 4. The third-order valence-corrected chi connectivity index (χ3v) is 5.33. The fourth-order valence-electron chi connectivity index (χ4n) is 2.02. The lowest BCUT2D eigenvalue weighted by Gasteiger charge is -2.04. The van der Waals surface area contributed by atoms with E-state index in [0.29, 0.717) is 10.1 Å². The fourth-order valence-corrected chi connectivity index (χ4v) is 4.26. The van der Waals surface area contributed by atoms with E-state index in [1.165, 1.54) is 17.4 Å². The molecule has 19 heavy (non-hydrogen) atoms. The fraction of sp³-hybridized carbons (Fsp3) is 0. The van der Waals surface area contributed by atoms with Gasteiger partial charge in [0.2, 0.25) is 0 Å². The summed E-state index contributed by atoms with van der Waals surface area (Å²) in [5.74, 6) is 0. The van der Waals surface area contributed by atoms with Crippen LogP contribution in [0.25, 0.3) is 20.2 Å². The highest BCUT2D eigenvalue weighted by molar-refractivity contribution is 8.14. The van der Waals surface area contributed by atoms with E-state index < -0.39 is 9.05 Å². The van der Waals surface area contributed by atoms with Gasteiger partial charge >= 0.3 is 0 Å². The van der Waals surface area contributed by atoms with Gasteiger partial charge in [-0.2, -0.15) is 0 Å². The Morgan fingerprint density at radius 3 is 2.37 bits per heavy atom. The molecule has 1 aromatic heterocycles. The van der Waals surface area contributed by atoms with Crippen LogP contribution in [-0.2, 0) is 9.05 Å². The van der Waals surface area contributed by atoms with Gasteiger partial charge in [-0.3, -0.25) is 4.79 Å². The molecule has 3 nitrogen and oxygen atoms in total. The highest BCUT2D eigenvalue weighted by Crippen LogP contribution is 2.29. The van der Waals surface area contributed by atoms with Gasteiger partial charge in [0.15, 0.2) is 5.43 Å². The molecule has 2 aromatic carbocycles. The average Bonchev–Trinajstić information content (AvgIpc) is 2.37. The molecule has 0 spiro atoms. The quantitative estimate of drug-likeness (QED) is 0.511. The number of halogens is 1. The minimum atomic E-state index is -3.94. The van der Waals surface area contributed by atoms with Gasteiger partial charge < -0.3 is 0 Å². The Kier molecular flexibility index (Phi) is 2.85. The Morgan fingerprint density at radius 1 is 0.947 bits per heavy atom. The van der Waals surface area contributed by atoms with E-state index in [1.807, 2.05) is 12.1 Å². The zero-order valence-electron chi connectivity index (χ0n) is 9.46. The van der Waals surface area contributed by atoms with Crippen LogP contribution in [0.2, 0.25) is 0 Å². The first-order valence-electron chi connectivity index (χ1n) is 5.38. The van der Waals surface area contributed by atoms with Gasteiger partial charge in [0.05, 0.1) is 10.3 Å². The number of rotatable bonds is 1. The molecule has 0 bridgehead atoms. The summed E-state index contributed by atoms with van der Waals surface area (Å²) in [6.45, 7) is 0. The molecule has 0 amide bonds. The molecule has 0 aliphatic heterocycles. The maximum Gasteiger partial charge on any atom is 0.262 e. The van der Waals surface area contributed by atoms with Gasteiger partial charge in [0, 0.05) is 25.5 Å². The first-order valence-corrected chi connectivity index (χ1v) is 8.50. The molecule has 0 saturated heterocycles. The molecule has 0 aliphatic carbocycles. The van der Waals surface area contributed by atoms with Gasteiger partial charge in [-0.15, -0.1) is 11.3 Å². The summed E-state index contributed by atoms with van der Waals surface area (Å²) in [4.78, 5) is 12.3. The van der Waals surface area contributed by atoms with Gasteiger partial charge in [-0.05, 0) is 24.3 Å². The maximum atomic E-state index is 12.4. The topological polar surface area (TPSA) is 51.2 Å². The Bertz CT molecular complexity index is 958. The number of fused-ring (bicyclic) bond motifs is 2. The summed E-state index contributed by atoms with van der Waals surface area (Å²) in [5.41, 5.74) is -0.302. The zero-order valence-corrected chi connectivity index (χ0v) is 11.8. The highest BCUT2D eigenvalue weighted by Gasteiger charge is 2.17. The number of hydrogen-bond donors (Lipinski definition) is 0. The smallest absolute Gasteiger partial charge is 0.262 e. The summed E-state index contributed by atoms with van der Waals surface area (Å²) in [7, 11) is 1.46. The molecule has 0 atom stereocenters. The van der Waals surface area contributed by atoms with Crippen molar-refractivity contribution in [3.8, 4) is 0 Å². The van der Waals surface area contributed by atoms with E-state index in [4.69, 9.17) is 10.7 Å². The summed E-state index contributed by atoms with van der Waals surface area (Å²) >= 11 is 1.37. The van der Waals surface area contributed by atoms with E-state index in [2.05, 4.69) is 0 Å². The van der Waals surface area contributed by atoms with Crippen molar-refractivity contribution in [3.63, 3.8) is 0 Å².